The first-order valence-electron chi connectivity index (χ1n) is 14.9. The van der Waals surface area contributed by atoms with Gasteiger partial charge in [0.05, 0.1) is 19.8 Å². The van der Waals surface area contributed by atoms with Crippen molar-refractivity contribution < 1.29 is 24.1 Å². The molecule has 0 atom stereocenters. The Morgan fingerprint density at radius 1 is 0.927 bits per heavy atom. The highest BCUT2D eigenvalue weighted by Gasteiger charge is 2.52. The Labute approximate surface area is 243 Å². The molecule has 214 valence electrons. The molecule has 0 radical (unpaired) electrons. The van der Waals surface area contributed by atoms with Crippen molar-refractivity contribution in [1.82, 2.24) is 0 Å². The van der Waals surface area contributed by atoms with Gasteiger partial charge in [-0.3, -0.25) is 0 Å². The number of carbonyl (C=O) groups is 1. The largest absolute Gasteiger partial charge is 0.496 e. The highest BCUT2D eigenvalue weighted by Crippen LogP contribution is 2.62. The van der Waals surface area contributed by atoms with Crippen LogP contribution in [0.5, 0.6) is 17.2 Å². The molecular weight excluding hydrogens is 512 g/mol. The molecule has 7 rings (SSSR count). The fourth-order valence-corrected chi connectivity index (χ4v) is 8.43. The standard InChI is InChI=1S/C36H40O5/c1-4-29-27(11-13-33(37)38)18-32(39-2)34(35(29)40-3)28-10-12-31(41-22-23-8-6-5-7-9-23)30(17-28)36-19-24-14-25(20-36)16-26(15-24)21-36/h5-13,17-18,24-26H,4,14-16,19-22H2,1-3H3,(H,37,38). The summed E-state index contributed by atoms with van der Waals surface area (Å²) in [5.41, 5.74) is 6.31. The van der Waals surface area contributed by atoms with Gasteiger partial charge in [-0.1, -0.05) is 43.3 Å². The lowest BCUT2D eigenvalue weighted by molar-refractivity contribution is -0.131. The lowest BCUT2D eigenvalue weighted by Gasteiger charge is -2.57. The van der Waals surface area contributed by atoms with Crippen molar-refractivity contribution in [3.8, 4) is 28.4 Å². The monoisotopic (exact) mass is 552 g/mol. The molecule has 5 nitrogen and oxygen atoms in total. The summed E-state index contributed by atoms with van der Waals surface area (Å²) in [6.07, 6.45) is 11.3. The molecule has 5 heteroatoms. The second-order valence-corrected chi connectivity index (χ2v) is 12.3. The van der Waals surface area contributed by atoms with Crippen LogP contribution in [0.25, 0.3) is 17.2 Å². The number of benzene rings is 3. The first kappa shape index (κ1) is 27.4. The Hall–Kier alpha value is -3.73. The number of ether oxygens (including phenoxy) is 3. The Morgan fingerprint density at radius 2 is 1.61 bits per heavy atom. The van der Waals surface area contributed by atoms with Crippen LogP contribution < -0.4 is 14.2 Å². The van der Waals surface area contributed by atoms with Gasteiger partial charge in [0, 0.05) is 17.2 Å². The zero-order valence-electron chi connectivity index (χ0n) is 24.3. The van der Waals surface area contributed by atoms with Crippen LogP contribution in [0.3, 0.4) is 0 Å². The minimum atomic E-state index is -0.986. The molecule has 1 N–H and O–H groups in total. The maximum atomic E-state index is 11.3. The Balaban J connectivity index is 1.49. The van der Waals surface area contributed by atoms with E-state index in [1.165, 1.54) is 44.1 Å². The second kappa shape index (κ2) is 11.3. The SMILES string of the molecule is CCc1c(C=CC(=O)O)cc(OC)c(-c2ccc(OCc3ccccc3)c(C34CC5CC(CC(C5)C3)C4)c2)c1OC. The Kier molecular flexibility index (Phi) is 7.54. The van der Waals surface area contributed by atoms with Crippen molar-refractivity contribution in [3.05, 3.63) is 82.9 Å². The highest BCUT2D eigenvalue weighted by molar-refractivity contribution is 5.88. The highest BCUT2D eigenvalue weighted by atomic mass is 16.5. The third kappa shape index (κ3) is 5.23. The lowest BCUT2D eigenvalue weighted by atomic mass is 9.48. The molecule has 3 aromatic carbocycles. The summed E-state index contributed by atoms with van der Waals surface area (Å²) < 4.78 is 18.6. The predicted molar refractivity (Wildman–Crippen MR) is 162 cm³/mol. The average Bonchev–Trinajstić information content (AvgIpc) is 2.97. The van der Waals surface area contributed by atoms with Gasteiger partial charge in [0.25, 0.3) is 0 Å². The van der Waals surface area contributed by atoms with Crippen LogP contribution in [0.15, 0.2) is 60.7 Å². The van der Waals surface area contributed by atoms with Crippen LogP contribution in [0, 0.1) is 17.8 Å². The van der Waals surface area contributed by atoms with Crippen LogP contribution in [0.1, 0.15) is 67.7 Å². The predicted octanol–water partition coefficient (Wildman–Crippen LogP) is 8.08. The quantitative estimate of drug-likeness (QED) is 0.258. The summed E-state index contributed by atoms with van der Waals surface area (Å²) in [4.78, 5) is 11.3. The molecule has 4 aliphatic carbocycles. The number of methoxy groups -OCH3 is 2. The minimum Gasteiger partial charge on any atom is -0.496 e. The number of carboxylic acids is 1. The fraction of sp³-hybridized carbons (Fsp3) is 0.417. The normalized spacial score (nSPS) is 24.5. The number of hydrogen-bond acceptors (Lipinski definition) is 4. The van der Waals surface area contributed by atoms with E-state index in [-0.39, 0.29) is 5.41 Å². The molecule has 0 unspecified atom stereocenters. The van der Waals surface area contributed by atoms with Gasteiger partial charge in [-0.25, -0.2) is 4.79 Å². The maximum absolute atomic E-state index is 11.3. The summed E-state index contributed by atoms with van der Waals surface area (Å²) in [6, 6.07) is 18.9. The number of rotatable bonds is 10. The molecule has 0 aromatic heterocycles. The first-order chi connectivity index (χ1) is 19.9. The molecule has 0 amide bonds. The van der Waals surface area contributed by atoms with Gasteiger partial charge >= 0.3 is 5.97 Å². The Bertz CT molecular complexity index is 1420. The number of hydrogen-bond donors (Lipinski definition) is 1. The van der Waals surface area contributed by atoms with E-state index in [1.54, 1.807) is 20.3 Å². The average molecular weight is 553 g/mol. The zero-order valence-corrected chi connectivity index (χ0v) is 24.3. The summed E-state index contributed by atoms with van der Waals surface area (Å²) in [5.74, 6) is 3.81. The van der Waals surface area contributed by atoms with E-state index in [4.69, 9.17) is 14.2 Å². The number of carboxylic acid groups (broad SMARTS) is 1. The molecule has 3 aromatic rings. The van der Waals surface area contributed by atoms with Crippen LogP contribution >= 0.6 is 0 Å². The van der Waals surface area contributed by atoms with E-state index in [0.717, 1.165) is 63.1 Å². The van der Waals surface area contributed by atoms with Gasteiger partial charge in [-0.2, -0.15) is 0 Å². The molecule has 0 aliphatic heterocycles. The summed E-state index contributed by atoms with van der Waals surface area (Å²) in [6.45, 7) is 2.60. The van der Waals surface area contributed by atoms with Crippen LogP contribution in [-0.4, -0.2) is 25.3 Å². The van der Waals surface area contributed by atoms with E-state index in [2.05, 4.69) is 49.4 Å². The van der Waals surface area contributed by atoms with Gasteiger partial charge in [-0.15, -0.1) is 0 Å². The maximum Gasteiger partial charge on any atom is 0.328 e. The topological polar surface area (TPSA) is 65.0 Å². The summed E-state index contributed by atoms with van der Waals surface area (Å²) in [7, 11) is 3.34. The second-order valence-electron chi connectivity index (χ2n) is 12.3. The molecule has 0 saturated heterocycles. The summed E-state index contributed by atoms with van der Waals surface area (Å²) in [5, 5.41) is 9.25. The van der Waals surface area contributed by atoms with Crippen LogP contribution in [0.4, 0.5) is 0 Å². The molecule has 4 aliphatic rings. The van der Waals surface area contributed by atoms with Crippen molar-refractivity contribution in [1.29, 1.82) is 0 Å². The van der Waals surface area contributed by atoms with E-state index in [9.17, 15) is 9.90 Å². The fourth-order valence-electron chi connectivity index (χ4n) is 8.43. The van der Waals surface area contributed by atoms with E-state index >= 15 is 0 Å². The smallest absolute Gasteiger partial charge is 0.328 e. The molecule has 0 heterocycles. The molecule has 4 fully saturated rings. The lowest BCUT2D eigenvalue weighted by Crippen LogP contribution is -2.48. The minimum absolute atomic E-state index is 0.134. The first-order valence-corrected chi connectivity index (χ1v) is 14.9. The van der Waals surface area contributed by atoms with Crippen molar-refractivity contribution in [2.45, 2.75) is 63.9 Å². The van der Waals surface area contributed by atoms with Gasteiger partial charge in [0.2, 0.25) is 0 Å². The summed E-state index contributed by atoms with van der Waals surface area (Å²) >= 11 is 0. The zero-order chi connectivity index (χ0) is 28.6. The van der Waals surface area contributed by atoms with Gasteiger partial charge in [-0.05, 0) is 109 Å². The van der Waals surface area contributed by atoms with Crippen molar-refractivity contribution in [2.75, 3.05) is 14.2 Å². The van der Waals surface area contributed by atoms with E-state index < -0.39 is 5.97 Å². The number of aliphatic carboxylic acids is 1. The van der Waals surface area contributed by atoms with Crippen molar-refractivity contribution in [2.24, 2.45) is 17.8 Å². The Morgan fingerprint density at radius 3 is 2.20 bits per heavy atom. The molecule has 4 saturated carbocycles. The molecule has 4 bridgehead atoms. The van der Waals surface area contributed by atoms with Gasteiger partial charge < -0.3 is 19.3 Å². The van der Waals surface area contributed by atoms with Gasteiger partial charge in [0.15, 0.2) is 0 Å². The van der Waals surface area contributed by atoms with Crippen molar-refractivity contribution >= 4 is 12.0 Å². The molecular formula is C36H40O5. The van der Waals surface area contributed by atoms with Crippen molar-refractivity contribution in [3.63, 3.8) is 0 Å². The molecule has 0 spiro atoms. The van der Waals surface area contributed by atoms with E-state index in [0.29, 0.717) is 18.8 Å². The van der Waals surface area contributed by atoms with Crippen LogP contribution in [-0.2, 0) is 23.2 Å². The molecule has 41 heavy (non-hydrogen) atoms. The van der Waals surface area contributed by atoms with E-state index in [1.807, 2.05) is 12.1 Å². The van der Waals surface area contributed by atoms with Crippen LogP contribution in [0.2, 0.25) is 0 Å². The van der Waals surface area contributed by atoms with Gasteiger partial charge in [0.1, 0.15) is 23.9 Å². The third-order valence-electron chi connectivity index (χ3n) is 9.68. The third-order valence-corrected chi connectivity index (χ3v) is 9.68.